The lowest BCUT2D eigenvalue weighted by Crippen LogP contribution is -2.06. The van der Waals surface area contributed by atoms with Crippen LogP contribution < -0.4 is 4.74 Å². The summed E-state index contributed by atoms with van der Waals surface area (Å²) in [5.74, 6) is 0.590. The van der Waals surface area contributed by atoms with E-state index in [0.29, 0.717) is 17.9 Å². The Hall–Kier alpha value is -1.35. The molecule has 1 rings (SSSR count). The van der Waals surface area contributed by atoms with Gasteiger partial charge in [-0.05, 0) is 32.9 Å². The van der Waals surface area contributed by atoms with E-state index in [1.807, 2.05) is 26.0 Å². The Morgan fingerprint density at radius 2 is 2.13 bits per heavy atom. The summed E-state index contributed by atoms with van der Waals surface area (Å²) in [6.45, 7) is 6.15. The van der Waals surface area contributed by atoms with Crippen molar-refractivity contribution in [2.24, 2.45) is 0 Å². The molecule has 0 radical (unpaired) electrons. The normalized spacial score (nSPS) is 10.1. The Morgan fingerprint density at radius 1 is 1.40 bits per heavy atom. The maximum absolute atomic E-state index is 11.3. The number of carbonyl (C=O) groups excluding carboxylic acids is 1. The second kappa shape index (κ2) is 5.51. The second-order valence-electron chi connectivity index (χ2n) is 3.31. The van der Waals surface area contributed by atoms with Crippen LogP contribution in [-0.2, 0) is 4.74 Å². The topological polar surface area (TPSA) is 35.5 Å². The van der Waals surface area contributed by atoms with Gasteiger partial charge in [-0.2, -0.15) is 0 Å². The van der Waals surface area contributed by atoms with Gasteiger partial charge in [0, 0.05) is 6.61 Å². The van der Waals surface area contributed by atoms with Gasteiger partial charge in [-0.25, -0.2) is 0 Å². The molecule has 0 saturated carbocycles. The van der Waals surface area contributed by atoms with Crippen LogP contribution in [0.3, 0.4) is 0 Å². The first kappa shape index (κ1) is 11.7. The fourth-order valence-electron chi connectivity index (χ4n) is 1.23. The minimum Gasteiger partial charge on any atom is -0.467 e. The number of hydrogen-bond acceptors (Lipinski definition) is 3. The molecule has 0 amide bonds. The van der Waals surface area contributed by atoms with Gasteiger partial charge in [-0.3, -0.25) is 4.79 Å². The van der Waals surface area contributed by atoms with Gasteiger partial charge in [0.2, 0.25) is 0 Å². The average Bonchev–Trinajstić information content (AvgIpc) is 2.20. The third kappa shape index (κ3) is 3.36. The van der Waals surface area contributed by atoms with Crippen LogP contribution in [0.1, 0.15) is 29.8 Å². The summed E-state index contributed by atoms with van der Waals surface area (Å²) in [6, 6.07) is 5.53. The first-order valence-electron chi connectivity index (χ1n) is 4.97. The fourth-order valence-corrected chi connectivity index (χ4v) is 1.23. The Balaban J connectivity index is 2.81. The molecule has 0 spiro atoms. The van der Waals surface area contributed by atoms with Crippen LogP contribution in [0.5, 0.6) is 5.75 Å². The van der Waals surface area contributed by atoms with E-state index in [1.165, 1.54) is 6.92 Å². The van der Waals surface area contributed by atoms with Crippen LogP contribution in [0.4, 0.5) is 0 Å². The molecule has 0 atom stereocenters. The Kier molecular flexibility index (Phi) is 4.31. The number of benzene rings is 1. The second-order valence-corrected chi connectivity index (χ2v) is 3.31. The molecule has 0 aliphatic rings. The lowest BCUT2D eigenvalue weighted by molar-refractivity contribution is 0.0219. The maximum Gasteiger partial charge on any atom is 0.189 e. The summed E-state index contributed by atoms with van der Waals surface area (Å²) in [5.41, 5.74) is 1.65. The summed E-state index contributed by atoms with van der Waals surface area (Å²) in [5, 5.41) is 0. The van der Waals surface area contributed by atoms with Gasteiger partial charge in [0.05, 0.1) is 5.56 Å². The third-order valence-corrected chi connectivity index (χ3v) is 2.02. The molecule has 0 N–H and O–H groups in total. The van der Waals surface area contributed by atoms with Gasteiger partial charge in [0.15, 0.2) is 12.6 Å². The zero-order valence-corrected chi connectivity index (χ0v) is 9.37. The summed E-state index contributed by atoms with van der Waals surface area (Å²) >= 11 is 0. The molecule has 1 aromatic carbocycles. The number of ether oxygens (including phenoxy) is 2. The van der Waals surface area contributed by atoms with E-state index in [1.54, 1.807) is 6.07 Å². The van der Waals surface area contributed by atoms with Crippen LogP contribution in [0, 0.1) is 6.92 Å². The fraction of sp³-hybridized carbons (Fsp3) is 0.417. The minimum absolute atomic E-state index is 0.00481. The van der Waals surface area contributed by atoms with E-state index < -0.39 is 0 Å². The van der Waals surface area contributed by atoms with Crippen molar-refractivity contribution >= 4 is 5.78 Å². The van der Waals surface area contributed by atoms with Gasteiger partial charge < -0.3 is 9.47 Å². The Morgan fingerprint density at radius 3 is 2.73 bits per heavy atom. The molecule has 0 aliphatic heterocycles. The summed E-state index contributed by atoms with van der Waals surface area (Å²) in [6.07, 6.45) is 0. The van der Waals surface area contributed by atoms with Crippen molar-refractivity contribution in [2.45, 2.75) is 20.8 Å². The van der Waals surface area contributed by atoms with Crippen LogP contribution in [0.2, 0.25) is 0 Å². The first-order valence-corrected chi connectivity index (χ1v) is 4.97. The van der Waals surface area contributed by atoms with Crippen LogP contribution >= 0.6 is 0 Å². The van der Waals surface area contributed by atoms with E-state index >= 15 is 0 Å². The highest BCUT2D eigenvalue weighted by Crippen LogP contribution is 2.20. The number of aryl methyl sites for hydroxylation is 1. The number of carbonyl (C=O) groups is 1. The Labute approximate surface area is 90.0 Å². The molecule has 0 bridgehead atoms. The van der Waals surface area contributed by atoms with Crippen molar-refractivity contribution in [3.05, 3.63) is 29.3 Å². The van der Waals surface area contributed by atoms with Crippen molar-refractivity contribution in [1.82, 2.24) is 0 Å². The van der Waals surface area contributed by atoms with E-state index in [0.717, 1.165) is 5.56 Å². The highest BCUT2D eigenvalue weighted by molar-refractivity contribution is 5.97. The van der Waals surface area contributed by atoms with Crippen LogP contribution in [0.25, 0.3) is 0 Å². The van der Waals surface area contributed by atoms with Gasteiger partial charge in [-0.1, -0.05) is 11.6 Å². The highest BCUT2D eigenvalue weighted by atomic mass is 16.7. The van der Waals surface area contributed by atoms with Crippen molar-refractivity contribution in [3.63, 3.8) is 0 Å². The van der Waals surface area contributed by atoms with E-state index in [9.17, 15) is 4.79 Å². The average molecular weight is 208 g/mol. The van der Waals surface area contributed by atoms with E-state index in [4.69, 9.17) is 9.47 Å². The molecule has 0 heterocycles. The lowest BCUT2D eigenvalue weighted by Gasteiger charge is -2.09. The molecule has 0 unspecified atom stereocenters. The van der Waals surface area contributed by atoms with Crippen LogP contribution in [0.15, 0.2) is 18.2 Å². The van der Waals surface area contributed by atoms with Crippen molar-refractivity contribution in [3.8, 4) is 5.75 Å². The van der Waals surface area contributed by atoms with Crippen LogP contribution in [-0.4, -0.2) is 19.2 Å². The quantitative estimate of drug-likeness (QED) is 0.424. The molecule has 15 heavy (non-hydrogen) atoms. The van der Waals surface area contributed by atoms with Crippen molar-refractivity contribution < 1.29 is 14.3 Å². The molecule has 0 fully saturated rings. The molecule has 0 aromatic heterocycles. The summed E-state index contributed by atoms with van der Waals surface area (Å²) < 4.78 is 10.4. The molecule has 3 nitrogen and oxygen atoms in total. The largest absolute Gasteiger partial charge is 0.467 e. The van der Waals surface area contributed by atoms with Gasteiger partial charge in [0.1, 0.15) is 5.75 Å². The van der Waals surface area contributed by atoms with Crippen molar-refractivity contribution in [2.75, 3.05) is 13.4 Å². The number of hydrogen-bond donors (Lipinski definition) is 0. The molecular weight excluding hydrogens is 192 g/mol. The zero-order valence-electron chi connectivity index (χ0n) is 9.37. The smallest absolute Gasteiger partial charge is 0.189 e. The molecule has 3 heteroatoms. The maximum atomic E-state index is 11.3. The zero-order chi connectivity index (χ0) is 11.3. The minimum atomic E-state index is 0.00481. The van der Waals surface area contributed by atoms with Gasteiger partial charge in [-0.15, -0.1) is 0 Å². The van der Waals surface area contributed by atoms with Crippen molar-refractivity contribution in [1.29, 1.82) is 0 Å². The van der Waals surface area contributed by atoms with Gasteiger partial charge in [0.25, 0.3) is 0 Å². The molecule has 0 saturated heterocycles. The summed E-state index contributed by atoms with van der Waals surface area (Å²) in [4.78, 5) is 11.3. The monoisotopic (exact) mass is 208 g/mol. The first-order chi connectivity index (χ1) is 7.15. The predicted octanol–water partition coefficient (Wildman–Crippen LogP) is 2.57. The number of Topliss-reactive ketones (excluding diaryl/α,β-unsaturated/α-hetero) is 1. The lowest BCUT2D eigenvalue weighted by atomic mass is 10.1. The SMILES string of the molecule is CCOCOc1ccc(C)cc1C(C)=O. The van der Waals surface area contributed by atoms with E-state index in [-0.39, 0.29) is 12.6 Å². The van der Waals surface area contributed by atoms with E-state index in [2.05, 4.69) is 0 Å². The predicted molar refractivity (Wildman–Crippen MR) is 58.3 cm³/mol. The Bertz CT molecular complexity index is 345. The molecular formula is C12H16O3. The number of ketones is 1. The molecule has 1 aromatic rings. The third-order valence-electron chi connectivity index (χ3n) is 2.02. The molecule has 82 valence electrons. The molecule has 0 aliphatic carbocycles. The standard InChI is InChI=1S/C12H16O3/c1-4-14-8-15-12-6-5-9(2)7-11(12)10(3)13/h5-7H,4,8H2,1-3H3. The summed E-state index contributed by atoms with van der Waals surface area (Å²) in [7, 11) is 0. The van der Waals surface area contributed by atoms with Gasteiger partial charge >= 0.3 is 0 Å². The highest BCUT2D eigenvalue weighted by Gasteiger charge is 2.08. The number of rotatable bonds is 5.